The number of nitrogens with one attached hydrogen (secondary N) is 3. The van der Waals surface area contributed by atoms with Crippen LogP contribution in [-0.2, 0) is 4.79 Å². The van der Waals surface area contributed by atoms with Crippen molar-refractivity contribution >= 4 is 23.3 Å². The standard InChI is InChI=1S/C19H23N3O3/c1-12-6-5-7-13(2)18(12)22-17(23)11-20-19(24)21-16-9-8-15(25-4)10-14(16)3/h5-10H,11H2,1-4H3,(H,22,23)(H2,20,21,24). The van der Waals surface area contributed by atoms with Gasteiger partial charge < -0.3 is 20.7 Å². The third kappa shape index (κ3) is 4.97. The highest BCUT2D eigenvalue weighted by atomic mass is 16.5. The van der Waals surface area contributed by atoms with Gasteiger partial charge in [-0.3, -0.25) is 4.79 Å². The van der Waals surface area contributed by atoms with Crippen LogP contribution in [0.25, 0.3) is 0 Å². The molecule has 132 valence electrons. The topological polar surface area (TPSA) is 79.5 Å². The van der Waals surface area contributed by atoms with Crippen LogP contribution in [0.4, 0.5) is 16.2 Å². The van der Waals surface area contributed by atoms with Crippen LogP contribution in [0.2, 0.25) is 0 Å². The summed E-state index contributed by atoms with van der Waals surface area (Å²) in [4.78, 5) is 24.0. The zero-order chi connectivity index (χ0) is 18.4. The van der Waals surface area contributed by atoms with E-state index in [1.54, 1.807) is 19.2 Å². The number of rotatable bonds is 5. The lowest BCUT2D eigenvalue weighted by Gasteiger charge is -2.13. The number of carbonyl (C=O) groups is 2. The number of methoxy groups -OCH3 is 1. The molecule has 6 heteroatoms. The maximum Gasteiger partial charge on any atom is 0.319 e. The Kier molecular flexibility index (Phi) is 6.00. The Labute approximate surface area is 147 Å². The van der Waals surface area contributed by atoms with Crippen LogP contribution in [-0.4, -0.2) is 25.6 Å². The summed E-state index contributed by atoms with van der Waals surface area (Å²) in [6, 6.07) is 10.7. The van der Waals surface area contributed by atoms with Crippen LogP contribution in [0.5, 0.6) is 5.75 Å². The highest BCUT2D eigenvalue weighted by Gasteiger charge is 2.10. The molecule has 0 aliphatic rings. The summed E-state index contributed by atoms with van der Waals surface area (Å²) >= 11 is 0. The molecule has 0 saturated heterocycles. The van der Waals surface area contributed by atoms with Crippen LogP contribution in [0.1, 0.15) is 16.7 Å². The van der Waals surface area contributed by atoms with Gasteiger partial charge in [-0.2, -0.15) is 0 Å². The van der Waals surface area contributed by atoms with Crippen molar-refractivity contribution in [1.29, 1.82) is 0 Å². The normalized spacial score (nSPS) is 10.1. The first-order valence-electron chi connectivity index (χ1n) is 7.96. The number of hydrogen-bond acceptors (Lipinski definition) is 3. The summed E-state index contributed by atoms with van der Waals surface area (Å²) < 4.78 is 5.13. The van der Waals surface area contributed by atoms with Crippen LogP contribution >= 0.6 is 0 Å². The van der Waals surface area contributed by atoms with Crippen molar-refractivity contribution in [1.82, 2.24) is 5.32 Å². The summed E-state index contributed by atoms with van der Waals surface area (Å²) in [5.74, 6) is 0.440. The molecule has 0 unspecified atom stereocenters. The van der Waals surface area contributed by atoms with Crippen molar-refractivity contribution in [2.45, 2.75) is 20.8 Å². The molecule has 3 N–H and O–H groups in total. The average molecular weight is 341 g/mol. The van der Waals surface area contributed by atoms with E-state index in [4.69, 9.17) is 4.74 Å². The fourth-order valence-corrected chi connectivity index (χ4v) is 2.43. The van der Waals surface area contributed by atoms with Gasteiger partial charge in [0.15, 0.2) is 0 Å². The van der Waals surface area contributed by atoms with Crippen LogP contribution in [0.15, 0.2) is 36.4 Å². The third-order valence-electron chi connectivity index (χ3n) is 3.84. The summed E-state index contributed by atoms with van der Waals surface area (Å²) in [6.07, 6.45) is 0. The summed E-state index contributed by atoms with van der Waals surface area (Å²) in [5.41, 5.74) is 4.27. The van der Waals surface area contributed by atoms with Gasteiger partial charge >= 0.3 is 6.03 Å². The fourth-order valence-electron chi connectivity index (χ4n) is 2.43. The highest BCUT2D eigenvalue weighted by Crippen LogP contribution is 2.21. The summed E-state index contributed by atoms with van der Waals surface area (Å²) in [7, 11) is 1.59. The van der Waals surface area contributed by atoms with Gasteiger partial charge in [-0.1, -0.05) is 18.2 Å². The Morgan fingerprint density at radius 2 is 1.64 bits per heavy atom. The molecule has 0 bridgehead atoms. The van der Waals surface area contributed by atoms with E-state index in [2.05, 4.69) is 16.0 Å². The van der Waals surface area contributed by atoms with Crippen LogP contribution < -0.4 is 20.7 Å². The number of anilines is 2. The average Bonchev–Trinajstić information content (AvgIpc) is 2.58. The van der Waals surface area contributed by atoms with Crippen molar-refractivity contribution in [2.75, 3.05) is 24.3 Å². The quantitative estimate of drug-likeness (QED) is 0.780. The van der Waals surface area contributed by atoms with Gasteiger partial charge in [-0.25, -0.2) is 4.79 Å². The second-order valence-corrected chi connectivity index (χ2v) is 5.80. The zero-order valence-electron chi connectivity index (χ0n) is 14.9. The van der Waals surface area contributed by atoms with Crippen LogP contribution in [0, 0.1) is 20.8 Å². The Morgan fingerprint density at radius 1 is 0.960 bits per heavy atom. The number of amides is 3. The smallest absolute Gasteiger partial charge is 0.319 e. The first-order valence-corrected chi connectivity index (χ1v) is 7.96. The van der Waals surface area contributed by atoms with E-state index in [0.717, 1.165) is 28.1 Å². The molecule has 0 fully saturated rings. The minimum atomic E-state index is -0.440. The molecule has 2 rings (SSSR count). The van der Waals surface area contributed by atoms with Crippen molar-refractivity contribution < 1.29 is 14.3 Å². The second-order valence-electron chi connectivity index (χ2n) is 5.80. The molecule has 0 aliphatic carbocycles. The number of carbonyl (C=O) groups excluding carboxylic acids is 2. The van der Waals surface area contributed by atoms with Crippen molar-refractivity contribution in [2.24, 2.45) is 0 Å². The molecule has 0 radical (unpaired) electrons. The first-order chi connectivity index (χ1) is 11.9. The van der Waals surface area contributed by atoms with Gasteiger partial charge in [0.2, 0.25) is 5.91 Å². The molecule has 0 saturated carbocycles. The molecule has 0 spiro atoms. The zero-order valence-corrected chi connectivity index (χ0v) is 14.9. The van der Waals surface area contributed by atoms with E-state index < -0.39 is 6.03 Å². The van der Waals surface area contributed by atoms with Crippen molar-refractivity contribution in [3.8, 4) is 5.75 Å². The molecule has 2 aromatic carbocycles. The molecule has 25 heavy (non-hydrogen) atoms. The number of para-hydroxylation sites is 1. The number of aryl methyl sites for hydroxylation is 3. The Balaban J connectivity index is 1.88. The summed E-state index contributed by atoms with van der Waals surface area (Å²) in [5, 5.41) is 8.10. The maximum atomic E-state index is 12.1. The van der Waals surface area contributed by atoms with Gasteiger partial charge in [0.25, 0.3) is 0 Å². The highest BCUT2D eigenvalue weighted by molar-refractivity contribution is 5.98. The minimum absolute atomic E-state index is 0.116. The fraction of sp³-hybridized carbons (Fsp3) is 0.263. The lowest BCUT2D eigenvalue weighted by molar-refractivity contribution is -0.115. The first kappa shape index (κ1) is 18.3. The molecule has 2 aromatic rings. The number of benzene rings is 2. The molecule has 0 atom stereocenters. The number of ether oxygens (including phenoxy) is 1. The van der Waals surface area contributed by atoms with E-state index in [1.165, 1.54) is 0 Å². The van der Waals surface area contributed by atoms with Crippen molar-refractivity contribution in [3.63, 3.8) is 0 Å². The second kappa shape index (κ2) is 8.19. The summed E-state index contributed by atoms with van der Waals surface area (Å²) in [6.45, 7) is 5.60. The lowest BCUT2D eigenvalue weighted by Crippen LogP contribution is -2.36. The third-order valence-corrected chi connectivity index (χ3v) is 3.84. The minimum Gasteiger partial charge on any atom is -0.497 e. The van der Waals surface area contributed by atoms with Gasteiger partial charge in [0, 0.05) is 11.4 Å². The molecule has 3 amide bonds. The van der Waals surface area contributed by atoms with Gasteiger partial charge in [0.1, 0.15) is 5.75 Å². The molecule has 0 aliphatic heterocycles. The monoisotopic (exact) mass is 341 g/mol. The van der Waals surface area contributed by atoms with Crippen LogP contribution in [0.3, 0.4) is 0 Å². The predicted molar refractivity (Wildman–Crippen MR) is 99.3 cm³/mol. The molecule has 6 nitrogen and oxygen atoms in total. The van der Waals surface area contributed by atoms with E-state index >= 15 is 0 Å². The van der Waals surface area contributed by atoms with E-state index in [-0.39, 0.29) is 12.5 Å². The SMILES string of the molecule is COc1ccc(NC(=O)NCC(=O)Nc2c(C)cccc2C)c(C)c1. The lowest BCUT2D eigenvalue weighted by atomic mass is 10.1. The van der Waals surface area contributed by atoms with Gasteiger partial charge in [0.05, 0.1) is 13.7 Å². The van der Waals surface area contributed by atoms with Gasteiger partial charge in [-0.15, -0.1) is 0 Å². The number of hydrogen-bond donors (Lipinski definition) is 3. The number of urea groups is 1. The van der Waals surface area contributed by atoms with E-state index in [0.29, 0.717) is 5.69 Å². The van der Waals surface area contributed by atoms with Crippen molar-refractivity contribution in [3.05, 3.63) is 53.1 Å². The van der Waals surface area contributed by atoms with Gasteiger partial charge in [-0.05, 0) is 55.7 Å². The molecular weight excluding hydrogens is 318 g/mol. The molecular formula is C19H23N3O3. The Hall–Kier alpha value is -3.02. The maximum absolute atomic E-state index is 12.1. The molecule has 0 aromatic heterocycles. The van der Waals surface area contributed by atoms with E-state index in [9.17, 15) is 9.59 Å². The Morgan fingerprint density at radius 3 is 2.24 bits per heavy atom. The molecule has 0 heterocycles. The largest absolute Gasteiger partial charge is 0.497 e. The Bertz CT molecular complexity index is 767. The predicted octanol–water partition coefficient (Wildman–Crippen LogP) is 3.38. The van der Waals surface area contributed by atoms with E-state index in [1.807, 2.05) is 45.0 Å².